The topological polar surface area (TPSA) is 61.2 Å². The monoisotopic (exact) mass is 370 g/mol. The highest BCUT2D eigenvalue weighted by Crippen LogP contribution is 2.40. The first-order chi connectivity index (χ1) is 12.6. The van der Waals surface area contributed by atoms with Crippen molar-refractivity contribution in [3.63, 3.8) is 0 Å². The van der Waals surface area contributed by atoms with Crippen LogP contribution in [-0.4, -0.2) is 26.6 Å². The molecule has 1 aliphatic rings. The minimum absolute atomic E-state index is 0.0181. The number of ether oxygens (including phenoxy) is 1. The number of benzene rings is 2. The Kier molecular flexibility index (Phi) is 4.16. The quantitative estimate of drug-likeness (QED) is 0.663. The summed E-state index contributed by atoms with van der Waals surface area (Å²) in [5, 5.41) is 4.43. The molecule has 2 heterocycles. The fourth-order valence-corrected chi connectivity index (χ4v) is 4.49. The lowest BCUT2D eigenvalue weighted by Crippen LogP contribution is -2.13. The average molecular weight is 370 g/mol. The van der Waals surface area contributed by atoms with Crippen LogP contribution in [0.2, 0.25) is 0 Å². The zero-order valence-corrected chi connectivity index (χ0v) is 14.8. The summed E-state index contributed by atoms with van der Waals surface area (Å²) in [6, 6.07) is 13.8. The molecule has 1 aliphatic heterocycles. The van der Waals surface area contributed by atoms with Gasteiger partial charge >= 0.3 is 5.97 Å². The number of carbonyl (C=O) groups excluding carboxylic acids is 1. The van der Waals surface area contributed by atoms with Crippen molar-refractivity contribution in [2.45, 2.75) is 17.6 Å². The van der Waals surface area contributed by atoms with Crippen LogP contribution < -0.4 is 0 Å². The van der Waals surface area contributed by atoms with Crippen molar-refractivity contribution < 1.29 is 18.1 Å². The van der Waals surface area contributed by atoms with Crippen LogP contribution in [0.3, 0.4) is 0 Å². The molecule has 0 fully saturated rings. The van der Waals surface area contributed by atoms with Crippen LogP contribution in [-0.2, 0) is 21.3 Å². The van der Waals surface area contributed by atoms with E-state index in [-0.39, 0.29) is 22.9 Å². The predicted octanol–water partition coefficient (Wildman–Crippen LogP) is 3.48. The summed E-state index contributed by atoms with van der Waals surface area (Å²) in [6.45, 7) is 1.92. The standard InChI is InChI=1S/C19H15FN2O3S/c1-2-25-19(23)16-14-11-26(24)18-13(9-6-10-15(18)20)17(14)22(21-16)12-7-4-3-5-8-12/h3-10H,2,11H2,1H3. The van der Waals surface area contributed by atoms with E-state index in [9.17, 15) is 13.4 Å². The van der Waals surface area contributed by atoms with Crippen molar-refractivity contribution in [2.24, 2.45) is 0 Å². The summed E-state index contributed by atoms with van der Waals surface area (Å²) in [6.07, 6.45) is 0. The zero-order chi connectivity index (χ0) is 18.3. The smallest absolute Gasteiger partial charge is 0.359 e. The van der Waals surface area contributed by atoms with Crippen molar-refractivity contribution in [3.05, 3.63) is 65.6 Å². The molecule has 7 heteroatoms. The largest absolute Gasteiger partial charge is 0.461 e. The average Bonchev–Trinajstić information content (AvgIpc) is 3.02. The highest BCUT2D eigenvalue weighted by Gasteiger charge is 2.34. The maximum absolute atomic E-state index is 14.3. The molecule has 0 N–H and O–H groups in total. The van der Waals surface area contributed by atoms with E-state index in [4.69, 9.17) is 4.74 Å². The lowest BCUT2D eigenvalue weighted by Gasteiger charge is -2.18. The molecule has 0 aliphatic carbocycles. The first-order valence-electron chi connectivity index (χ1n) is 8.13. The van der Waals surface area contributed by atoms with Gasteiger partial charge in [-0.1, -0.05) is 30.3 Å². The van der Waals surface area contributed by atoms with Crippen molar-refractivity contribution in [1.82, 2.24) is 9.78 Å². The van der Waals surface area contributed by atoms with Gasteiger partial charge in [-0.25, -0.2) is 13.9 Å². The number of carbonyl (C=O) groups is 1. The molecule has 0 saturated carbocycles. The third-order valence-electron chi connectivity index (χ3n) is 4.18. The summed E-state index contributed by atoms with van der Waals surface area (Å²) >= 11 is 0. The number of halogens is 1. The molecule has 132 valence electrons. The molecule has 0 radical (unpaired) electrons. The Labute approximate surface area is 151 Å². The summed E-state index contributed by atoms with van der Waals surface area (Å²) < 4.78 is 33.6. The normalized spacial score (nSPS) is 15.2. The Morgan fingerprint density at radius 3 is 2.73 bits per heavy atom. The van der Waals surface area contributed by atoms with Crippen LogP contribution in [0.4, 0.5) is 4.39 Å². The van der Waals surface area contributed by atoms with Gasteiger partial charge < -0.3 is 4.74 Å². The van der Waals surface area contributed by atoms with Gasteiger partial charge in [-0.2, -0.15) is 5.10 Å². The number of fused-ring (bicyclic) bond motifs is 3. The van der Waals surface area contributed by atoms with Gasteiger partial charge in [-0.05, 0) is 25.1 Å². The second-order valence-electron chi connectivity index (χ2n) is 5.75. The van der Waals surface area contributed by atoms with E-state index in [1.54, 1.807) is 23.7 Å². The number of hydrogen-bond donors (Lipinski definition) is 0. The van der Waals surface area contributed by atoms with Gasteiger partial charge in [-0.15, -0.1) is 0 Å². The number of para-hydroxylation sites is 1. The van der Waals surface area contributed by atoms with Gasteiger partial charge in [0.05, 0.1) is 39.4 Å². The number of hydrogen-bond acceptors (Lipinski definition) is 4. The van der Waals surface area contributed by atoms with Crippen molar-refractivity contribution in [2.75, 3.05) is 6.61 Å². The third kappa shape index (κ3) is 2.55. The molecular formula is C19H15FN2O3S. The lowest BCUT2D eigenvalue weighted by atomic mass is 10.1. The molecule has 0 saturated heterocycles. The number of esters is 1. The Bertz CT molecular complexity index is 1030. The molecule has 1 aromatic heterocycles. The van der Waals surface area contributed by atoms with Gasteiger partial charge in [0.1, 0.15) is 5.82 Å². The number of rotatable bonds is 3. The minimum Gasteiger partial charge on any atom is -0.461 e. The first-order valence-corrected chi connectivity index (χ1v) is 9.45. The molecule has 0 bridgehead atoms. The molecule has 2 aromatic carbocycles. The molecule has 26 heavy (non-hydrogen) atoms. The lowest BCUT2D eigenvalue weighted by molar-refractivity contribution is 0.0518. The minimum atomic E-state index is -1.60. The van der Waals surface area contributed by atoms with Gasteiger partial charge in [0.15, 0.2) is 5.69 Å². The summed E-state index contributed by atoms with van der Waals surface area (Å²) in [4.78, 5) is 12.5. The van der Waals surface area contributed by atoms with Crippen LogP contribution in [0.5, 0.6) is 0 Å². The highest BCUT2D eigenvalue weighted by atomic mass is 32.2. The molecule has 1 atom stereocenters. The van der Waals surface area contributed by atoms with Crippen LogP contribution in [0.25, 0.3) is 16.9 Å². The molecule has 1 unspecified atom stereocenters. The van der Waals surface area contributed by atoms with Crippen LogP contribution in [0, 0.1) is 5.82 Å². The summed E-state index contributed by atoms with van der Waals surface area (Å²) in [5.41, 5.74) is 2.42. The second kappa shape index (κ2) is 6.49. The van der Waals surface area contributed by atoms with Gasteiger partial charge in [0, 0.05) is 11.1 Å². The van der Waals surface area contributed by atoms with E-state index >= 15 is 0 Å². The molecule has 0 amide bonds. The SMILES string of the molecule is CCOC(=O)c1nn(-c2ccccc2)c2c1CS(=O)c1c(F)cccc1-2. The third-order valence-corrected chi connectivity index (χ3v) is 5.60. The summed E-state index contributed by atoms with van der Waals surface area (Å²) in [7, 11) is -1.60. The van der Waals surface area contributed by atoms with E-state index in [1.165, 1.54) is 6.07 Å². The van der Waals surface area contributed by atoms with Gasteiger partial charge in [0.25, 0.3) is 0 Å². The van der Waals surface area contributed by atoms with Gasteiger partial charge in [0.2, 0.25) is 0 Å². The first kappa shape index (κ1) is 16.7. The number of aromatic nitrogens is 2. The predicted molar refractivity (Wildman–Crippen MR) is 95.0 cm³/mol. The van der Waals surface area contributed by atoms with E-state index in [0.29, 0.717) is 16.8 Å². The van der Waals surface area contributed by atoms with Crippen LogP contribution in [0.15, 0.2) is 53.4 Å². The van der Waals surface area contributed by atoms with E-state index in [0.717, 1.165) is 5.69 Å². The van der Waals surface area contributed by atoms with E-state index < -0.39 is 22.6 Å². The Morgan fingerprint density at radius 2 is 2.00 bits per heavy atom. The molecular weight excluding hydrogens is 355 g/mol. The van der Waals surface area contributed by atoms with Crippen molar-refractivity contribution >= 4 is 16.8 Å². The second-order valence-corrected chi connectivity index (χ2v) is 7.14. The maximum atomic E-state index is 14.3. The Balaban J connectivity index is 2.03. The van der Waals surface area contributed by atoms with Crippen LogP contribution in [0.1, 0.15) is 23.0 Å². The molecule has 4 rings (SSSR count). The van der Waals surface area contributed by atoms with E-state index in [1.807, 2.05) is 30.3 Å². The Morgan fingerprint density at radius 1 is 1.23 bits per heavy atom. The molecule has 3 aromatic rings. The summed E-state index contributed by atoms with van der Waals surface area (Å²) in [5.74, 6) is -1.08. The van der Waals surface area contributed by atoms with Crippen molar-refractivity contribution in [3.8, 4) is 16.9 Å². The Hall–Kier alpha value is -2.80. The fourth-order valence-electron chi connectivity index (χ4n) is 3.11. The highest BCUT2D eigenvalue weighted by molar-refractivity contribution is 7.84. The fraction of sp³-hybridized carbons (Fsp3) is 0.158. The van der Waals surface area contributed by atoms with E-state index in [2.05, 4.69) is 5.10 Å². The zero-order valence-electron chi connectivity index (χ0n) is 13.9. The molecule has 0 spiro atoms. The number of nitrogens with zero attached hydrogens (tertiary/aromatic N) is 2. The van der Waals surface area contributed by atoms with Gasteiger partial charge in [-0.3, -0.25) is 4.21 Å². The molecule has 5 nitrogen and oxygen atoms in total. The van der Waals surface area contributed by atoms with Crippen molar-refractivity contribution in [1.29, 1.82) is 0 Å². The maximum Gasteiger partial charge on any atom is 0.359 e. The van der Waals surface area contributed by atoms with Crippen LogP contribution >= 0.6 is 0 Å².